The van der Waals surface area contributed by atoms with Crippen molar-refractivity contribution in [3.8, 4) is 0 Å². The summed E-state index contributed by atoms with van der Waals surface area (Å²) in [6.07, 6.45) is 16.8. The topological polar surface area (TPSA) is 0 Å². The molecule has 2 atom stereocenters. The van der Waals surface area contributed by atoms with Crippen LogP contribution in [0.2, 0.25) is 0 Å². The van der Waals surface area contributed by atoms with Crippen molar-refractivity contribution in [3.05, 3.63) is 0 Å². The summed E-state index contributed by atoms with van der Waals surface area (Å²) < 4.78 is 0. The Hall–Kier alpha value is 0. The number of hydrogen-bond acceptors (Lipinski definition) is 0. The maximum Gasteiger partial charge on any atom is -0.0351 e. The molecule has 24 heavy (non-hydrogen) atoms. The summed E-state index contributed by atoms with van der Waals surface area (Å²) in [5.41, 5.74) is 1.02. The fourth-order valence-corrected chi connectivity index (χ4v) is 4.33. The molecule has 0 amide bonds. The predicted octanol–water partition coefficient (Wildman–Crippen LogP) is 9.03. The van der Waals surface area contributed by atoms with E-state index >= 15 is 0 Å². The molecule has 0 rings (SSSR count). The van der Waals surface area contributed by atoms with Crippen LogP contribution in [-0.2, 0) is 0 Å². The molecule has 0 aliphatic carbocycles. The third-order valence-electron chi connectivity index (χ3n) is 6.25. The third-order valence-corrected chi connectivity index (χ3v) is 6.25. The summed E-state index contributed by atoms with van der Waals surface area (Å²) in [7, 11) is 0. The Kier molecular flexibility index (Phi) is 12.4. The van der Waals surface area contributed by atoms with Gasteiger partial charge in [0.05, 0.1) is 0 Å². The summed E-state index contributed by atoms with van der Waals surface area (Å²) in [4.78, 5) is 0. The minimum absolute atomic E-state index is 0.511. The molecule has 0 aromatic heterocycles. The molecule has 0 aromatic carbocycles. The van der Waals surface area contributed by atoms with Gasteiger partial charge in [-0.1, -0.05) is 107 Å². The number of rotatable bonds is 15. The zero-order valence-corrected chi connectivity index (χ0v) is 18.6. The van der Waals surface area contributed by atoms with Crippen molar-refractivity contribution in [2.45, 2.75) is 132 Å². The summed E-state index contributed by atoms with van der Waals surface area (Å²) >= 11 is 0. The van der Waals surface area contributed by atoms with Crippen LogP contribution in [0.4, 0.5) is 0 Å². The van der Waals surface area contributed by atoms with Crippen LogP contribution in [0, 0.1) is 22.7 Å². The van der Waals surface area contributed by atoms with E-state index in [-0.39, 0.29) is 0 Å². The van der Waals surface area contributed by atoms with Gasteiger partial charge in [0.15, 0.2) is 0 Å². The van der Waals surface area contributed by atoms with Crippen molar-refractivity contribution < 1.29 is 0 Å². The van der Waals surface area contributed by atoms with E-state index in [4.69, 9.17) is 0 Å². The van der Waals surface area contributed by atoms with Crippen molar-refractivity contribution in [3.63, 3.8) is 0 Å². The van der Waals surface area contributed by atoms with E-state index in [0.717, 1.165) is 11.8 Å². The van der Waals surface area contributed by atoms with Crippen LogP contribution >= 0.6 is 0 Å². The van der Waals surface area contributed by atoms with Crippen LogP contribution in [0.5, 0.6) is 0 Å². The summed E-state index contributed by atoms with van der Waals surface area (Å²) in [6, 6.07) is 0. The molecule has 0 saturated carbocycles. The van der Waals surface area contributed by atoms with Gasteiger partial charge < -0.3 is 0 Å². The predicted molar refractivity (Wildman–Crippen MR) is 113 cm³/mol. The second-order valence-electron chi connectivity index (χ2n) is 10.1. The highest BCUT2D eigenvalue weighted by Crippen LogP contribution is 2.40. The first-order chi connectivity index (χ1) is 11.2. The molecule has 0 aliphatic heterocycles. The molecule has 0 radical (unpaired) electrons. The summed E-state index contributed by atoms with van der Waals surface area (Å²) in [5, 5.41) is 0. The fraction of sp³-hybridized carbons (Fsp3) is 1.00. The molecule has 0 heteroatoms. The maximum absolute atomic E-state index is 2.52. The van der Waals surface area contributed by atoms with Gasteiger partial charge in [-0.15, -0.1) is 0 Å². The van der Waals surface area contributed by atoms with E-state index in [9.17, 15) is 0 Å². The Labute approximate surface area is 155 Å². The van der Waals surface area contributed by atoms with Gasteiger partial charge in [0.2, 0.25) is 0 Å². The second kappa shape index (κ2) is 12.4. The van der Waals surface area contributed by atoms with E-state index in [1.165, 1.54) is 77.0 Å². The van der Waals surface area contributed by atoms with Crippen LogP contribution in [0.25, 0.3) is 0 Å². The van der Waals surface area contributed by atoms with Crippen molar-refractivity contribution in [2.75, 3.05) is 0 Å². The highest BCUT2D eigenvalue weighted by atomic mass is 14.3. The van der Waals surface area contributed by atoms with Crippen molar-refractivity contribution in [1.82, 2.24) is 0 Å². The van der Waals surface area contributed by atoms with E-state index in [1.807, 2.05) is 0 Å². The molecule has 0 saturated heterocycles. The van der Waals surface area contributed by atoms with Crippen LogP contribution in [-0.4, -0.2) is 0 Å². The molecule has 146 valence electrons. The first-order valence-electron chi connectivity index (χ1n) is 11.2. The lowest BCUT2D eigenvalue weighted by molar-refractivity contribution is 0.165. The van der Waals surface area contributed by atoms with Crippen LogP contribution < -0.4 is 0 Å². The van der Waals surface area contributed by atoms with Crippen molar-refractivity contribution in [1.29, 1.82) is 0 Å². The number of unbranched alkanes of at least 4 members (excludes halogenated alkanes) is 2. The van der Waals surface area contributed by atoms with Gasteiger partial charge in [0, 0.05) is 0 Å². The molecule has 2 unspecified atom stereocenters. The molecule has 0 nitrogen and oxygen atoms in total. The van der Waals surface area contributed by atoms with E-state index in [2.05, 4.69) is 55.4 Å². The molecule has 0 aromatic rings. The Balaban J connectivity index is 4.43. The van der Waals surface area contributed by atoms with Gasteiger partial charge in [0.1, 0.15) is 0 Å². The first kappa shape index (κ1) is 24.0. The Morgan fingerprint density at radius 3 is 1.17 bits per heavy atom. The largest absolute Gasteiger partial charge is 0.0654 e. The van der Waals surface area contributed by atoms with Gasteiger partial charge in [-0.3, -0.25) is 0 Å². The lowest BCUT2D eigenvalue weighted by atomic mass is 9.70. The van der Waals surface area contributed by atoms with Crippen molar-refractivity contribution >= 4 is 0 Å². The zero-order chi connectivity index (χ0) is 18.6. The van der Waals surface area contributed by atoms with Crippen LogP contribution in [0.1, 0.15) is 132 Å². The van der Waals surface area contributed by atoms with E-state index in [1.54, 1.807) is 0 Å². The van der Waals surface area contributed by atoms with Gasteiger partial charge >= 0.3 is 0 Å². The Bertz CT molecular complexity index is 256. The fourth-order valence-electron chi connectivity index (χ4n) is 4.33. The molecule has 0 N–H and O–H groups in total. The standard InChI is InChI=1S/C24H50/c1-9-13-15-21(11-3)19-23(5,6)17-18-24(7,8)20-22(12-4)16-14-10-2/h21-22H,9-20H2,1-8H3. The number of hydrogen-bond donors (Lipinski definition) is 0. The van der Waals surface area contributed by atoms with Crippen LogP contribution in [0.3, 0.4) is 0 Å². The monoisotopic (exact) mass is 338 g/mol. The SMILES string of the molecule is CCCCC(CC)CC(C)(C)CCC(C)(C)CC(CC)CCCC. The molecule has 0 heterocycles. The van der Waals surface area contributed by atoms with Gasteiger partial charge in [0.25, 0.3) is 0 Å². The highest BCUT2D eigenvalue weighted by Gasteiger charge is 2.28. The zero-order valence-electron chi connectivity index (χ0n) is 18.6. The van der Waals surface area contributed by atoms with Crippen LogP contribution in [0.15, 0.2) is 0 Å². The lowest BCUT2D eigenvalue weighted by Gasteiger charge is -2.35. The average molecular weight is 339 g/mol. The molecular weight excluding hydrogens is 288 g/mol. The van der Waals surface area contributed by atoms with E-state index in [0.29, 0.717) is 10.8 Å². The lowest BCUT2D eigenvalue weighted by Crippen LogP contribution is -2.23. The maximum atomic E-state index is 2.52. The summed E-state index contributed by atoms with van der Waals surface area (Å²) in [5.74, 6) is 1.88. The second-order valence-corrected chi connectivity index (χ2v) is 10.1. The first-order valence-corrected chi connectivity index (χ1v) is 11.2. The molecule has 0 aliphatic rings. The van der Waals surface area contributed by atoms with E-state index < -0.39 is 0 Å². The highest BCUT2D eigenvalue weighted by molar-refractivity contribution is 4.79. The average Bonchev–Trinajstić information content (AvgIpc) is 2.53. The molecule has 0 bridgehead atoms. The quantitative estimate of drug-likeness (QED) is 0.279. The minimum Gasteiger partial charge on any atom is -0.0654 e. The van der Waals surface area contributed by atoms with Gasteiger partial charge in [-0.05, 0) is 48.3 Å². The Morgan fingerprint density at radius 2 is 0.917 bits per heavy atom. The molecule has 0 fully saturated rings. The third kappa shape index (κ3) is 11.5. The minimum atomic E-state index is 0.511. The smallest absolute Gasteiger partial charge is 0.0351 e. The summed E-state index contributed by atoms with van der Waals surface area (Å²) in [6.45, 7) is 19.5. The molecular formula is C24H50. The molecule has 0 spiro atoms. The van der Waals surface area contributed by atoms with Gasteiger partial charge in [-0.2, -0.15) is 0 Å². The van der Waals surface area contributed by atoms with Gasteiger partial charge in [-0.25, -0.2) is 0 Å². The van der Waals surface area contributed by atoms with Crippen molar-refractivity contribution in [2.24, 2.45) is 22.7 Å². The normalized spacial score (nSPS) is 15.5. The Morgan fingerprint density at radius 1 is 0.583 bits per heavy atom.